The summed E-state index contributed by atoms with van der Waals surface area (Å²) in [5.74, 6) is 0.345. The number of para-hydroxylation sites is 1. The van der Waals surface area contributed by atoms with Crippen molar-refractivity contribution >= 4 is 32.7 Å². The van der Waals surface area contributed by atoms with Crippen LogP contribution in [0, 0.1) is 11.3 Å². The van der Waals surface area contributed by atoms with Crippen LogP contribution >= 0.6 is 0 Å². The molecule has 0 fully saturated rings. The molecule has 0 aliphatic carbocycles. The summed E-state index contributed by atoms with van der Waals surface area (Å²) in [5.41, 5.74) is 12.1. The summed E-state index contributed by atoms with van der Waals surface area (Å²) < 4.78 is 4.67. The third-order valence-corrected chi connectivity index (χ3v) is 8.91. The molecule has 6 aromatic carbocycles. The second-order valence-electron chi connectivity index (χ2n) is 12.0. The normalized spacial score (nSPS) is 11.5. The quantitative estimate of drug-likeness (QED) is 0.200. The van der Waals surface area contributed by atoms with Crippen molar-refractivity contribution in [3.63, 3.8) is 0 Å². The van der Waals surface area contributed by atoms with E-state index in [2.05, 4.69) is 157 Å². The fourth-order valence-electron chi connectivity index (χ4n) is 6.71. The Bertz CT molecular complexity index is 2390. The van der Waals surface area contributed by atoms with Crippen LogP contribution in [0.4, 0.5) is 0 Å². The van der Waals surface area contributed by atoms with Crippen LogP contribution in [0.25, 0.3) is 66.3 Å². The van der Waals surface area contributed by atoms with Crippen molar-refractivity contribution in [3.05, 3.63) is 157 Å². The lowest BCUT2D eigenvalue weighted by molar-refractivity contribution is 0.869. The molecule has 0 aliphatic heterocycles. The maximum atomic E-state index is 10.2. The van der Waals surface area contributed by atoms with Crippen LogP contribution in [0.1, 0.15) is 30.9 Å². The van der Waals surface area contributed by atoms with Gasteiger partial charge in [-0.15, -0.1) is 0 Å². The molecule has 0 saturated heterocycles. The van der Waals surface area contributed by atoms with Crippen molar-refractivity contribution in [1.82, 2.24) is 9.13 Å². The molecule has 8 rings (SSSR count). The smallest absolute Gasteiger partial charge is 0.0992 e. The molecule has 214 valence electrons. The van der Waals surface area contributed by atoms with Crippen LogP contribution in [0.5, 0.6) is 0 Å². The standard InChI is InChI=1S/C42H31N3/c1-28(2)33-25-37(31-14-8-4-9-15-31)42-39(26-33)38-23-29(27-43)22-36(30-12-6-3-7-13-30)41(38)45(42)35-18-19-40-32(24-35)20-21-44(40)34-16-10-5-11-17-34/h3-26,28H,1-2H3. The minimum Gasteiger partial charge on any atom is -0.317 e. The Hall–Kier alpha value is -5.85. The Balaban J connectivity index is 1.53. The minimum absolute atomic E-state index is 0.345. The monoisotopic (exact) mass is 577 g/mol. The van der Waals surface area contributed by atoms with E-state index in [1.807, 2.05) is 18.2 Å². The molecular formula is C42H31N3. The maximum Gasteiger partial charge on any atom is 0.0992 e. The molecule has 0 atom stereocenters. The minimum atomic E-state index is 0.345. The SMILES string of the molecule is CC(C)c1cc(-c2ccccc2)c2c(c1)c1cc(C#N)cc(-c3ccccc3)c1n2-c1ccc2c(ccn2-c2ccccc2)c1. The lowest BCUT2D eigenvalue weighted by atomic mass is 9.93. The lowest BCUT2D eigenvalue weighted by Gasteiger charge is -2.16. The molecule has 0 bridgehead atoms. The molecule has 0 amide bonds. The Morgan fingerprint density at radius 3 is 1.80 bits per heavy atom. The van der Waals surface area contributed by atoms with Gasteiger partial charge in [0.25, 0.3) is 0 Å². The molecule has 2 aromatic heterocycles. The van der Waals surface area contributed by atoms with Crippen LogP contribution in [0.2, 0.25) is 0 Å². The van der Waals surface area contributed by atoms with Gasteiger partial charge in [-0.2, -0.15) is 5.26 Å². The van der Waals surface area contributed by atoms with Gasteiger partial charge in [-0.1, -0.05) is 92.7 Å². The summed E-state index contributed by atoms with van der Waals surface area (Å²) in [5, 5.41) is 13.6. The average Bonchev–Trinajstić information content (AvgIpc) is 3.67. The summed E-state index contributed by atoms with van der Waals surface area (Å²) in [7, 11) is 0. The molecule has 0 spiro atoms. The van der Waals surface area contributed by atoms with Crippen molar-refractivity contribution in [3.8, 4) is 39.7 Å². The Morgan fingerprint density at radius 2 is 1.18 bits per heavy atom. The van der Waals surface area contributed by atoms with E-state index in [9.17, 15) is 5.26 Å². The summed E-state index contributed by atoms with van der Waals surface area (Å²) in [6.07, 6.45) is 2.15. The molecule has 3 nitrogen and oxygen atoms in total. The van der Waals surface area contributed by atoms with E-state index in [0.717, 1.165) is 49.8 Å². The average molecular weight is 578 g/mol. The molecule has 0 N–H and O–H groups in total. The van der Waals surface area contributed by atoms with Crippen molar-refractivity contribution in [1.29, 1.82) is 5.26 Å². The van der Waals surface area contributed by atoms with Gasteiger partial charge in [0.05, 0.1) is 28.2 Å². The van der Waals surface area contributed by atoms with E-state index in [-0.39, 0.29) is 0 Å². The van der Waals surface area contributed by atoms with Gasteiger partial charge in [-0.3, -0.25) is 0 Å². The van der Waals surface area contributed by atoms with Gasteiger partial charge in [-0.05, 0) is 83.3 Å². The number of fused-ring (bicyclic) bond motifs is 4. The van der Waals surface area contributed by atoms with Crippen molar-refractivity contribution in [2.45, 2.75) is 19.8 Å². The van der Waals surface area contributed by atoms with Gasteiger partial charge < -0.3 is 9.13 Å². The van der Waals surface area contributed by atoms with Gasteiger partial charge >= 0.3 is 0 Å². The molecule has 0 saturated carbocycles. The highest BCUT2D eigenvalue weighted by Crippen LogP contribution is 2.44. The molecule has 8 aromatic rings. The number of nitriles is 1. The van der Waals surface area contributed by atoms with Crippen LogP contribution in [-0.4, -0.2) is 9.13 Å². The zero-order valence-electron chi connectivity index (χ0n) is 25.3. The van der Waals surface area contributed by atoms with E-state index >= 15 is 0 Å². The zero-order chi connectivity index (χ0) is 30.5. The van der Waals surface area contributed by atoms with E-state index in [0.29, 0.717) is 11.5 Å². The predicted molar refractivity (Wildman–Crippen MR) is 187 cm³/mol. The van der Waals surface area contributed by atoms with Crippen molar-refractivity contribution in [2.75, 3.05) is 0 Å². The molecule has 2 heterocycles. The van der Waals surface area contributed by atoms with Gasteiger partial charge in [0.15, 0.2) is 0 Å². The number of hydrogen-bond acceptors (Lipinski definition) is 1. The molecule has 0 aliphatic rings. The first-order valence-electron chi connectivity index (χ1n) is 15.4. The number of aromatic nitrogens is 2. The second-order valence-corrected chi connectivity index (χ2v) is 12.0. The fourth-order valence-corrected chi connectivity index (χ4v) is 6.71. The van der Waals surface area contributed by atoms with E-state index in [1.54, 1.807) is 0 Å². The van der Waals surface area contributed by atoms with E-state index in [1.165, 1.54) is 22.1 Å². The Labute approximate surface area is 262 Å². The molecule has 45 heavy (non-hydrogen) atoms. The topological polar surface area (TPSA) is 33.6 Å². The zero-order valence-corrected chi connectivity index (χ0v) is 25.3. The maximum absolute atomic E-state index is 10.2. The van der Waals surface area contributed by atoms with Crippen LogP contribution in [0.3, 0.4) is 0 Å². The van der Waals surface area contributed by atoms with Crippen LogP contribution in [0.15, 0.2) is 146 Å². The molecular weight excluding hydrogens is 546 g/mol. The van der Waals surface area contributed by atoms with E-state index in [4.69, 9.17) is 0 Å². The van der Waals surface area contributed by atoms with E-state index < -0.39 is 0 Å². The largest absolute Gasteiger partial charge is 0.317 e. The number of hydrogen-bond donors (Lipinski definition) is 0. The molecule has 3 heteroatoms. The molecule has 0 unspecified atom stereocenters. The molecule has 0 radical (unpaired) electrons. The predicted octanol–water partition coefficient (Wildman–Crippen LogP) is 11.1. The van der Waals surface area contributed by atoms with Gasteiger partial charge in [0.2, 0.25) is 0 Å². The highest BCUT2D eigenvalue weighted by Gasteiger charge is 2.22. The summed E-state index contributed by atoms with van der Waals surface area (Å²) in [4.78, 5) is 0. The third-order valence-electron chi connectivity index (χ3n) is 8.91. The lowest BCUT2D eigenvalue weighted by Crippen LogP contribution is -1.99. The first kappa shape index (κ1) is 26.8. The highest BCUT2D eigenvalue weighted by molar-refractivity contribution is 6.18. The van der Waals surface area contributed by atoms with Crippen molar-refractivity contribution in [2.24, 2.45) is 0 Å². The first-order chi connectivity index (χ1) is 22.1. The number of nitrogens with zero attached hydrogens (tertiary/aromatic N) is 3. The summed E-state index contributed by atoms with van der Waals surface area (Å²) in [6, 6.07) is 51.8. The second kappa shape index (κ2) is 10.7. The van der Waals surface area contributed by atoms with Gasteiger partial charge in [0.1, 0.15) is 0 Å². The number of rotatable bonds is 5. The van der Waals surface area contributed by atoms with Gasteiger partial charge in [0, 0.05) is 44.9 Å². The summed E-state index contributed by atoms with van der Waals surface area (Å²) in [6.45, 7) is 4.49. The fraction of sp³-hybridized carbons (Fsp3) is 0.0714. The Kier molecular flexibility index (Phi) is 6.36. The Morgan fingerprint density at radius 1 is 0.578 bits per heavy atom. The van der Waals surface area contributed by atoms with Crippen LogP contribution in [-0.2, 0) is 0 Å². The first-order valence-corrected chi connectivity index (χ1v) is 15.4. The summed E-state index contributed by atoms with van der Waals surface area (Å²) >= 11 is 0. The highest BCUT2D eigenvalue weighted by atomic mass is 15.0. The third kappa shape index (κ3) is 4.42. The van der Waals surface area contributed by atoms with Gasteiger partial charge in [-0.25, -0.2) is 0 Å². The number of benzene rings is 6. The van der Waals surface area contributed by atoms with Crippen LogP contribution < -0.4 is 0 Å². The van der Waals surface area contributed by atoms with Crippen molar-refractivity contribution < 1.29 is 0 Å².